The average Bonchev–Trinajstić information content (AvgIpc) is 3.86. The van der Waals surface area contributed by atoms with Gasteiger partial charge in [0.15, 0.2) is 5.69 Å². The highest BCUT2D eigenvalue weighted by Gasteiger charge is 2.24. The Bertz CT molecular complexity index is 3000. The van der Waals surface area contributed by atoms with E-state index in [9.17, 15) is 0 Å². The van der Waals surface area contributed by atoms with Gasteiger partial charge in [0.2, 0.25) is 0 Å². The summed E-state index contributed by atoms with van der Waals surface area (Å²) >= 11 is 0. The summed E-state index contributed by atoms with van der Waals surface area (Å²) in [4.78, 5) is 3.76. The van der Waals surface area contributed by atoms with Gasteiger partial charge in [0, 0.05) is 37.9 Å². The molecule has 0 aliphatic rings. The van der Waals surface area contributed by atoms with Crippen molar-refractivity contribution in [1.82, 2.24) is 13.7 Å². The summed E-state index contributed by atoms with van der Waals surface area (Å²) in [6.45, 7) is 7.75. The Hall–Kier alpha value is -7.35. The molecule has 0 saturated heterocycles. The Labute approximate surface area is 305 Å². The number of hydrogen-bond acceptors (Lipinski definition) is 0. The van der Waals surface area contributed by atoms with E-state index in [-0.39, 0.29) is 0 Å². The number of fused-ring (bicyclic) bond motifs is 9. The van der Waals surface area contributed by atoms with Crippen LogP contribution in [0.1, 0.15) is 0 Å². The summed E-state index contributed by atoms with van der Waals surface area (Å²) in [6, 6.07) is 65.1. The van der Waals surface area contributed by atoms with Crippen LogP contribution in [-0.4, -0.2) is 13.7 Å². The van der Waals surface area contributed by atoms with Crippen LogP contribution in [0.15, 0.2) is 182 Å². The van der Waals surface area contributed by atoms with Crippen molar-refractivity contribution in [2.24, 2.45) is 0 Å². The normalized spacial score (nSPS) is 11.8. The molecule has 0 atom stereocenters. The highest BCUT2D eigenvalue weighted by atomic mass is 15.0. The van der Waals surface area contributed by atoms with Crippen molar-refractivity contribution in [2.45, 2.75) is 0 Å². The second-order valence-electron chi connectivity index (χ2n) is 13.6. The first-order valence-corrected chi connectivity index (χ1v) is 17.9. The van der Waals surface area contributed by atoms with Crippen LogP contribution in [0.25, 0.3) is 98.5 Å². The monoisotopic (exact) mass is 674 g/mol. The van der Waals surface area contributed by atoms with E-state index >= 15 is 0 Å². The van der Waals surface area contributed by atoms with Gasteiger partial charge in [-0.15, -0.1) is 0 Å². The van der Waals surface area contributed by atoms with Crippen molar-refractivity contribution < 1.29 is 0 Å². The number of para-hydroxylation sites is 6. The molecule has 0 saturated carbocycles. The van der Waals surface area contributed by atoms with E-state index in [2.05, 4.69) is 188 Å². The molecule has 0 aliphatic heterocycles. The lowest BCUT2D eigenvalue weighted by Crippen LogP contribution is -2.07. The Morgan fingerprint density at radius 2 is 0.642 bits per heavy atom. The number of hydrogen-bond donors (Lipinski definition) is 0. The van der Waals surface area contributed by atoms with Gasteiger partial charge in [0.05, 0.1) is 56.7 Å². The Morgan fingerprint density at radius 1 is 0.340 bits per heavy atom. The highest BCUT2D eigenvalue weighted by Crippen LogP contribution is 2.44. The van der Waals surface area contributed by atoms with Crippen LogP contribution < -0.4 is 0 Å². The lowest BCUT2D eigenvalue weighted by molar-refractivity contribution is 1.10. The number of rotatable bonds is 4. The van der Waals surface area contributed by atoms with E-state index in [1.807, 2.05) is 12.1 Å². The number of nitrogens with zero attached hydrogens (tertiary/aromatic N) is 4. The summed E-state index contributed by atoms with van der Waals surface area (Å²) in [5.41, 5.74) is 12.8. The topological polar surface area (TPSA) is 19.1 Å². The molecule has 0 aliphatic carbocycles. The molecule has 3 aromatic heterocycles. The first-order chi connectivity index (χ1) is 26.3. The van der Waals surface area contributed by atoms with Gasteiger partial charge in [-0.25, -0.2) is 4.85 Å². The fraction of sp³-hybridized carbons (Fsp3) is 0. The molecule has 0 spiro atoms. The molecular formula is C49H30N4. The van der Waals surface area contributed by atoms with E-state index in [4.69, 9.17) is 6.57 Å². The van der Waals surface area contributed by atoms with Crippen molar-refractivity contribution in [1.29, 1.82) is 0 Å². The van der Waals surface area contributed by atoms with Crippen LogP contribution >= 0.6 is 0 Å². The summed E-state index contributed by atoms with van der Waals surface area (Å²) in [7, 11) is 0. The van der Waals surface area contributed by atoms with Crippen LogP contribution in [-0.2, 0) is 0 Å². The SMILES string of the molecule is [C-]#[N+]c1ccc(-c2c(-n3c4ccccc4c4ccccc43)cc(-n3c4ccccc4c4ccccc43)cc2-n2c3ccccc3c3ccccc32)cc1. The fourth-order valence-corrected chi connectivity index (χ4v) is 8.64. The maximum atomic E-state index is 7.75. The van der Waals surface area contributed by atoms with E-state index in [0.717, 1.165) is 61.3 Å². The van der Waals surface area contributed by atoms with Gasteiger partial charge < -0.3 is 13.7 Å². The minimum absolute atomic E-state index is 0.618. The number of benzene rings is 8. The zero-order valence-corrected chi connectivity index (χ0v) is 28.6. The fourth-order valence-electron chi connectivity index (χ4n) is 8.64. The molecule has 53 heavy (non-hydrogen) atoms. The molecule has 11 aromatic rings. The summed E-state index contributed by atoms with van der Waals surface area (Å²) in [6.07, 6.45) is 0. The minimum Gasteiger partial charge on any atom is -0.309 e. The summed E-state index contributed by atoms with van der Waals surface area (Å²) < 4.78 is 7.31. The highest BCUT2D eigenvalue weighted by molar-refractivity contribution is 6.13. The van der Waals surface area contributed by atoms with Gasteiger partial charge >= 0.3 is 0 Å². The maximum Gasteiger partial charge on any atom is 0.187 e. The predicted octanol–water partition coefficient (Wildman–Crippen LogP) is 13.2. The molecule has 4 heteroatoms. The zero-order chi connectivity index (χ0) is 35.0. The van der Waals surface area contributed by atoms with Crippen molar-refractivity contribution in [3.63, 3.8) is 0 Å². The lowest BCUT2D eigenvalue weighted by Gasteiger charge is -2.23. The second-order valence-corrected chi connectivity index (χ2v) is 13.6. The quantitative estimate of drug-likeness (QED) is 0.166. The molecule has 246 valence electrons. The van der Waals surface area contributed by atoms with Gasteiger partial charge in [-0.1, -0.05) is 133 Å². The van der Waals surface area contributed by atoms with Crippen LogP contribution in [0.2, 0.25) is 0 Å². The zero-order valence-electron chi connectivity index (χ0n) is 28.6. The third-order valence-corrected chi connectivity index (χ3v) is 10.8. The van der Waals surface area contributed by atoms with Gasteiger partial charge in [-0.05, 0) is 54.1 Å². The molecule has 0 amide bonds. The molecule has 0 unspecified atom stereocenters. The van der Waals surface area contributed by atoms with Crippen molar-refractivity contribution in [3.8, 4) is 28.2 Å². The van der Waals surface area contributed by atoms with Gasteiger partial charge in [0.1, 0.15) is 0 Å². The predicted molar refractivity (Wildman–Crippen MR) is 221 cm³/mol. The molecule has 0 bridgehead atoms. The average molecular weight is 675 g/mol. The smallest absolute Gasteiger partial charge is 0.187 e. The third-order valence-electron chi connectivity index (χ3n) is 10.8. The Kier molecular flexibility index (Phi) is 6.28. The van der Waals surface area contributed by atoms with Crippen molar-refractivity contribution >= 4 is 71.1 Å². The Morgan fingerprint density at radius 3 is 0.962 bits per heavy atom. The van der Waals surface area contributed by atoms with E-state index in [1.165, 1.54) is 32.3 Å². The van der Waals surface area contributed by atoms with Crippen LogP contribution in [0.3, 0.4) is 0 Å². The first-order valence-electron chi connectivity index (χ1n) is 17.9. The molecule has 8 aromatic carbocycles. The second kappa shape index (κ2) is 11.3. The minimum atomic E-state index is 0.618. The molecular weight excluding hydrogens is 645 g/mol. The summed E-state index contributed by atoms with van der Waals surface area (Å²) in [5.74, 6) is 0. The molecule has 4 nitrogen and oxygen atoms in total. The van der Waals surface area contributed by atoms with Crippen LogP contribution in [0.4, 0.5) is 5.69 Å². The van der Waals surface area contributed by atoms with Crippen molar-refractivity contribution in [3.05, 3.63) is 193 Å². The largest absolute Gasteiger partial charge is 0.309 e. The standard InChI is InChI=1S/C49H30N4/c1-50-33-28-26-32(27-29-33)49-47(52-43-22-10-4-16-37(43)38-17-5-11-23-44(38)52)30-34(51-41-20-8-2-14-35(41)36-15-3-9-21-42(36)51)31-48(49)53-45-24-12-6-18-39(45)40-19-7-13-25-46(40)53/h2-31H. The van der Waals surface area contributed by atoms with Gasteiger partial charge in [-0.3, -0.25) is 0 Å². The van der Waals surface area contributed by atoms with Crippen molar-refractivity contribution in [2.75, 3.05) is 0 Å². The molecule has 3 heterocycles. The summed E-state index contributed by atoms with van der Waals surface area (Å²) in [5, 5.41) is 7.27. The third kappa shape index (κ3) is 4.22. The molecule has 11 rings (SSSR count). The van der Waals surface area contributed by atoms with Gasteiger partial charge in [-0.2, -0.15) is 0 Å². The first kappa shape index (κ1) is 29.4. The lowest BCUT2D eigenvalue weighted by atomic mass is 9.98. The van der Waals surface area contributed by atoms with E-state index < -0.39 is 0 Å². The number of aromatic nitrogens is 3. The molecule has 0 radical (unpaired) electrons. The van der Waals surface area contributed by atoms with Crippen LogP contribution in [0, 0.1) is 6.57 Å². The van der Waals surface area contributed by atoms with E-state index in [0.29, 0.717) is 5.69 Å². The van der Waals surface area contributed by atoms with E-state index in [1.54, 1.807) is 0 Å². The van der Waals surface area contributed by atoms with Gasteiger partial charge in [0.25, 0.3) is 0 Å². The Balaban J connectivity index is 1.39. The molecule has 0 fully saturated rings. The molecule has 0 N–H and O–H groups in total. The van der Waals surface area contributed by atoms with Crippen LogP contribution in [0.5, 0.6) is 0 Å². The maximum absolute atomic E-state index is 7.75.